The van der Waals surface area contributed by atoms with Gasteiger partial charge in [0.1, 0.15) is 5.78 Å². The maximum absolute atomic E-state index is 10.2. The van der Waals surface area contributed by atoms with Gasteiger partial charge in [0, 0.05) is 12.8 Å². The van der Waals surface area contributed by atoms with E-state index < -0.39 is 0 Å². The van der Waals surface area contributed by atoms with Crippen LogP contribution >= 0.6 is 0 Å². The van der Waals surface area contributed by atoms with Crippen molar-refractivity contribution < 1.29 is 15.3 Å². The molecule has 0 radical (unpaired) electrons. The molecule has 1 aliphatic carbocycles. The molecule has 48 valence electrons. The molecule has 1 saturated carbocycles. The van der Waals surface area contributed by atoms with Crippen molar-refractivity contribution in [2.24, 2.45) is 0 Å². The maximum Gasteiger partial charge on any atom is 0.132 e. The lowest BCUT2D eigenvalue weighted by Gasteiger charge is -1.71. The lowest BCUT2D eigenvalue weighted by atomic mass is 10.4. The molecule has 0 saturated heterocycles. The smallest absolute Gasteiger partial charge is 0.132 e. The molecule has 0 spiro atoms. The summed E-state index contributed by atoms with van der Waals surface area (Å²) in [5.74, 6) is 0.454. The summed E-state index contributed by atoms with van der Waals surface area (Å²) >= 11 is 0. The van der Waals surface area contributed by atoms with Gasteiger partial charge in [-0.05, 0) is 12.8 Å². The summed E-state index contributed by atoms with van der Waals surface area (Å²) in [6.45, 7) is 0. The highest BCUT2D eigenvalue weighted by Crippen LogP contribution is 2.11. The van der Waals surface area contributed by atoms with E-state index in [0.717, 1.165) is 25.7 Å². The van der Waals surface area contributed by atoms with Crippen molar-refractivity contribution in [2.75, 3.05) is 0 Å². The van der Waals surface area contributed by atoms with Crippen molar-refractivity contribution >= 4 is 5.78 Å². The zero-order valence-corrected chi connectivity index (χ0v) is 4.63. The zero-order chi connectivity index (χ0) is 6.41. The fourth-order valence-corrected chi connectivity index (χ4v) is 0.769. The van der Waals surface area contributed by atoms with Gasteiger partial charge in [0.2, 0.25) is 0 Å². The molecule has 0 unspecified atom stereocenters. The minimum Gasteiger partial charge on any atom is -0.300 e. The second-order valence-corrected chi connectivity index (χ2v) is 1.75. The Labute approximate surface area is 47.9 Å². The van der Waals surface area contributed by atoms with Gasteiger partial charge >= 0.3 is 0 Å². The molecule has 0 heterocycles. The highest BCUT2D eigenvalue weighted by atomic mass is 17.0. The average Bonchev–Trinajstić information content (AvgIpc) is 2.24. The number of hydrogen-bond donors (Lipinski definition) is 2. The second-order valence-electron chi connectivity index (χ2n) is 1.75. The third kappa shape index (κ3) is 2.71. The lowest BCUT2D eigenvalue weighted by Crippen LogP contribution is -1.81. The summed E-state index contributed by atoms with van der Waals surface area (Å²) in [5.41, 5.74) is 0. The van der Waals surface area contributed by atoms with Crippen LogP contribution in [0.4, 0.5) is 0 Å². The molecule has 0 amide bonds. The van der Waals surface area contributed by atoms with Gasteiger partial charge in [-0.2, -0.15) is 0 Å². The molecule has 0 bridgehead atoms. The topological polar surface area (TPSA) is 57.5 Å². The molecule has 0 aliphatic heterocycles. The van der Waals surface area contributed by atoms with Crippen LogP contribution in [0.15, 0.2) is 0 Å². The van der Waals surface area contributed by atoms with Gasteiger partial charge in [0.05, 0.1) is 0 Å². The van der Waals surface area contributed by atoms with E-state index in [1.165, 1.54) is 0 Å². The van der Waals surface area contributed by atoms with Crippen molar-refractivity contribution in [1.82, 2.24) is 0 Å². The first-order valence-corrected chi connectivity index (χ1v) is 2.61. The van der Waals surface area contributed by atoms with Gasteiger partial charge in [0.25, 0.3) is 0 Å². The summed E-state index contributed by atoms with van der Waals surface area (Å²) in [4.78, 5) is 10.2. The second kappa shape index (κ2) is 4.74. The first kappa shape index (κ1) is 7.59. The zero-order valence-electron chi connectivity index (χ0n) is 4.63. The highest BCUT2D eigenvalue weighted by Gasteiger charge is 2.07. The molecule has 8 heavy (non-hydrogen) atoms. The number of Topliss-reactive ketones (excluding diaryl/α,β-unsaturated/α-hetero) is 1. The summed E-state index contributed by atoms with van der Waals surface area (Å²) in [5, 5.41) is 12.0. The van der Waals surface area contributed by atoms with Crippen molar-refractivity contribution in [3.8, 4) is 0 Å². The molecule has 1 fully saturated rings. The van der Waals surface area contributed by atoms with Crippen molar-refractivity contribution in [3.63, 3.8) is 0 Å². The van der Waals surface area contributed by atoms with Crippen LogP contribution < -0.4 is 0 Å². The number of hydrogen-bond acceptors (Lipinski definition) is 3. The number of rotatable bonds is 0. The minimum atomic E-state index is 0.454. The molecule has 3 heteroatoms. The molecular formula is C5H10O3. The normalized spacial score (nSPS) is 17.5. The Hall–Kier alpha value is -0.410. The largest absolute Gasteiger partial charge is 0.300 e. The monoisotopic (exact) mass is 118 g/mol. The SMILES string of the molecule is O=C1CCCC1.OO. The average molecular weight is 118 g/mol. The van der Waals surface area contributed by atoms with Crippen LogP contribution in [0.1, 0.15) is 25.7 Å². The number of carbonyl (C=O) groups excluding carboxylic acids is 1. The quantitative estimate of drug-likeness (QED) is 0.370. The fraction of sp³-hybridized carbons (Fsp3) is 0.800. The summed E-state index contributed by atoms with van der Waals surface area (Å²) in [6, 6.07) is 0. The van der Waals surface area contributed by atoms with Gasteiger partial charge in [-0.15, -0.1) is 0 Å². The molecule has 1 rings (SSSR count). The highest BCUT2D eigenvalue weighted by molar-refractivity contribution is 5.79. The first-order chi connectivity index (χ1) is 3.89. The summed E-state index contributed by atoms with van der Waals surface area (Å²) < 4.78 is 0. The summed E-state index contributed by atoms with van der Waals surface area (Å²) in [7, 11) is 0. The first-order valence-electron chi connectivity index (χ1n) is 2.61. The van der Waals surface area contributed by atoms with Crippen LogP contribution in [0, 0.1) is 0 Å². The third-order valence-corrected chi connectivity index (χ3v) is 1.16. The van der Waals surface area contributed by atoms with E-state index in [1.807, 2.05) is 0 Å². The van der Waals surface area contributed by atoms with Gasteiger partial charge in [-0.25, -0.2) is 0 Å². The predicted octanol–water partition coefficient (Wildman–Crippen LogP) is 1.15. The van der Waals surface area contributed by atoms with E-state index in [2.05, 4.69) is 0 Å². The molecule has 3 nitrogen and oxygen atoms in total. The Balaban J connectivity index is 0.000000222. The van der Waals surface area contributed by atoms with Crippen LogP contribution in [0.3, 0.4) is 0 Å². The van der Waals surface area contributed by atoms with Crippen LogP contribution in [-0.2, 0) is 4.79 Å². The van der Waals surface area contributed by atoms with E-state index >= 15 is 0 Å². The van der Waals surface area contributed by atoms with Crippen LogP contribution in [0.2, 0.25) is 0 Å². The lowest BCUT2D eigenvalue weighted by molar-refractivity contribution is -0.176. The van der Waals surface area contributed by atoms with Crippen LogP contribution in [-0.4, -0.2) is 16.3 Å². The number of ketones is 1. The van der Waals surface area contributed by atoms with Crippen molar-refractivity contribution in [1.29, 1.82) is 0 Å². The molecule has 0 aromatic carbocycles. The van der Waals surface area contributed by atoms with Crippen molar-refractivity contribution in [2.45, 2.75) is 25.7 Å². The van der Waals surface area contributed by atoms with E-state index in [4.69, 9.17) is 10.5 Å². The van der Waals surface area contributed by atoms with E-state index in [1.54, 1.807) is 0 Å². The maximum atomic E-state index is 10.2. The van der Waals surface area contributed by atoms with Crippen LogP contribution in [0.5, 0.6) is 0 Å². The molecule has 0 atom stereocenters. The molecule has 0 aromatic heterocycles. The van der Waals surface area contributed by atoms with Crippen LogP contribution in [0.25, 0.3) is 0 Å². The van der Waals surface area contributed by atoms with E-state index in [0.29, 0.717) is 5.78 Å². The molecule has 1 aliphatic rings. The van der Waals surface area contributed by atoms with Gasteiger partial charge in [-0.3, -0.25) is 15.3 Å². The Morgan fingerprint density at radius 3 is 1.62 bits per heavy atom. The Kier molecular flexibility index (Phi) is 4.50. The fourth-order valence-electron chi connectivity index (χ4n) is 0.769. The summed E-state index contributed by atoms with van der Waals surface area (Å²) in [6.07, 6.45) is 3.97. The van der Waals surface area contributed by atoms with Gasteiger partial charge in [0.15, 0.2) is 0 Å². The molecular weight excluding hydrogens is 108 g/mol. The van der Waals surface area contributed by atoms with E-state index in [-0.39, 0.29) is 0 Å². The van der Waals surface area contributed by atoms with Crippen molar-refractivity contribution in [3.05, 3.63) is 0 Å². The third-order valence-electron chi connectivity index (χ3n) is 1.16. The minimum absolute atomic E-state index is 0.454. The van der Waals surface area contributed by atoms with Gasteiger partial charge in [-0.1, -0.05) is 0 Å². The Morgan fingerprint density at radius 1 is 1.12 bits per heavy atom. The predicted molar refractivity (Wildman–Crippen MR) is 28.7 cm³/mol. The Bertz CT molecular complexity index is 62.1. The number of carbonyl (C=O) groups is 1. The van der Waals surface area contributed by atoms with Gasteiger partial charge < -0.3 is 0 Å². The standard InChI is InChI=1S/C5H8O.H2O2/c6-5-3-1-2-4-5;1-2/h1-4H2;1-2H. The molecule has 0 aromatic rings. The van der Waals surface area contributed by atoms with E-state index in [9.17, 15) is 4.79 Å². The molecule has 2 N–H and O–H groups in total. The Morgan fingerprint density at radius 2 is 1.50 bits per heavy atom.